The smallest absolute Gasteiger partial charge is 0.195 e. The number of rotatable bonds is 8. The number of benzene rings is 1. The summed E-state index contributed by atoms with van der Waals surface area (Å²) in [6, 6.07) is 10.6. The number of aryl methyl sites for hydroxylation is 2. The van der Waals surface area contributed by atoms with Crippen LogP contribution in [0.2, 0.25) is 0 Å². The van der Waals surface area contributed by atoms with Crippen LogP contribution in [0.4, 0.5) is 4.39 Å². The van der Waals surface area contributed by atoms with Crippen LogP contribution in [0.5, 0.6) is 0 Å². The van der Waals surface area contributed by atoms with Crippen molar-refractivity contribution in [1.82, 2.24) is 0 Å². The summed E-state index contributed by atoms with van der Waals surface area (Å²) in [5.74, 6) is 0.698. The zero-order valence-corrected chi connectivity index (χ0v) is 15.4. The number of allylic oxidation sites excluding steroid dienone is 4. The summed E-state index contributed by atoms with van der Waals surface area (Å²) >= 11 is 0. The van der Waals surface area contributed by atoms with Crippen LogP contribution in [0.25, 0.3) is 0 Å². The number of hydrogen-bond donors (Lipinski definition) is 0. The van der Waals surface area contributed by atoms with E-state index in [9.17, 15) is 4.39 Å². The fraction of sp³-hybridized carbons (Fsp3) is 0.522. The topological polar surface area (TPSA) is 23.8 Å². The SMILES string of the molecule is CCc1ccc(CCCC[C@H]2CC[C@H](/C=C/C=C(\F)C#N)CC2)cc1. The molecule has 0 spiro atoms. The van der Waals surface area contributed by atoms with E-state index in [0.717, 1.165) is 12.3 Å². The van der Waals surface area contributed by atoms with Crippen LogP contribution in [0.15, 0.2) is 48.3 Å². The summed E-state index contributed by atoms with van der Waals surface area (Å²) in [7, 11) is 0. The quantitative estimate of drug-likeness (QED) is 0.293. The van der Waals surface area contributed by atoms with Gasteiger partial charge in [-0.25, -0.2) is 0 Å². The molecule has 0 saturated heterocycles. The van der Waals surface area contributed by atoms with E-state index in [1.165, 1.54) is 74.6 Å². The molecule has 2 heteroatoms. The van der Waals surface area contributed by atoms with Gasteiger partial charge in [-0.1, -0.05) is 56.2 Å². The summed E-state index contributed by atoms with van der Waals surface area (Å²) in [5, 5.41) is 8.38. The predicted octanol–water partition coefficient (Wildman–Crippen LogP) is 6.70. The van der Waals surface area contributed by atoms with Crippen LogP contribution in [0.3, 0.4) is 0 Å². The largest absolute Gasteiger partial charge is 0.199 e. The van der Waals surface area contributed by atoms with Crippen molar-refractivity contribution in [3.05, 3.63) is 59.4 Å². The molecule has 0 heterocycles. The molecule has 0 radical (unpaired) electrons. The van der Waals surface area contributed by atoms with Gasteiger partial charge in [-0.15, -0.1) is 0 Å². The van der Waals surface area contributed by atoms with Crippen molar-refractivity contribution in [2.45, 2.75) is 64.7 Å². The Bertz CT molecular complexity index is 598. The average Bonchev–Trinajstić information content (AvgIpc) is 2.66. The molecule has 0 N–H and O–H groups in total. The van der Waals surface area contributed by atoms with E-state index >= 15 is 0 Å². The first-order valence-electron chi connectivity index (χ1n) is 9.73. The van der Waals surface area contributed by atoms with Crippen molar-refractivity contribution in [1.29, 1.82) is 5.26 Å². The molecule has 0 aromatic heterocycles. The van der Waals surface area contributed by atoms with Gasteiger partial charge in [-0.05, 0) is 74.0 Å². The van der Waals surface area contributed by atoms with Gasteiger partial charge in [0.25, 0.3) is 0 Å². The first-order chi connectivity index (χ1) is 12.2. The third-order valence-electron chi connectivity index (χ3n) is 5.38. The van der Waals surface area contributed by atoms with Gasteiger partial charge < -0.3 is 0 Å². The molecule has 25 heavy (non-hydrogen) atoms. The molecule has 0 bridgehead atoms. The highest BCUT2D eigenvalue weighted by molar-refractivity contribution is 5.22. The highest BCUT2D eigenvalue weighted by Crippen LogP contribution is 2.32. The second-order valence-corrected chi connectivity index (χ2v) is 7.21. The fourth-order valence-corrected chi connectivity index (χ4v) is 3.71. The molecular weight excluding hydrogens is 309 g/mol. The van der Waals surface area contributed by atoms with E-state index < -0.39 is 5.83 Å². The van der Waals surface area contributed by atoms with Gasteiger partial charge in [0.1, 0.15) is 6.07 Å². The molecule has 2 rings (SSSR count). The monoisotopic (exact) mass is 339 g/mol. The Morgan fingerprint density at radius 2 is 1.80 bits per heavy atom. The van der Waals surface area contributed by atoms with Crippen LogP contribution in [-0.2, 0) is 12.8 Å². The minimum Gasteiger partial charge on any atom is -0.195 e. The van der Waals surface area contributed by atoms with Crippen molar-refractivity contribution in [3.63, 3.8) is 0 Å². The molecule has 0 aliphatic heterocycles. The molecule has 1 aliphatic carbocycles. The van der Waals surface area contributed by atoms with E-state index in [0.29, 0.717) is 5.92 Å². The van der Waals surface area contributed by atoms with Crippen molar-refractivity contribution in [2.24, 2.45) is 11.8 Å². The maximum atomic E-state index is 12.7. The van der Waals surface area contributed by atoms with E-state index in [1.54, 1.807) is 6.08 Å². The zero-order chi connectivity index (χ0) is 17.9. The molecule has 1 fully saturated rings. The second-order valence-electron chi connectivity index (χ2n) is 7.21. The van der Waals surface area contributed by atoms with E-state index in [-0.39, 0.29) is 0 Å². The minimum absolute atomic E-state index is 0.552. The summed E-state index contributed by atoms with van der Waals surface area (Å²) < 4.78 is 12.7. The van der Waals surface area contributed by atoms with Crippen molar-refractivity contribution in [2.75, 3.05) is 0 Å². The molecule has 1 nitrogen and oxygen atoms in total. The van der Waals surface area contributed by atoms with Crippen molar-refractivity contribution in [3.8, 4) is 6.07 Å². The van der Waals surface area contributed by atoms with Gasteiger partial charge in [-0.3, -0.25) is 0 Å². The first kappa shape index (κ1) is 19.4. The summed E-state index contributed by atoms with van der Waals surface area (Å²) in [5.41, 5.74) is 2.88. The molecule has 0 amide bonds. The molecule has 1 saturated carbocycles. The van der Waals surface area contributed by atoms with Gasteiger partial charge in [0.2, 0.25) is 0 Å². The Labute approximate surface area is 152 Å². The van der Waals surface area contributed by atoms with Gasteiger partial charge in [-0.2, -0.15) is 9.65 Å². The number of unbranched alkanes of at least 4 members (excludes halogenated alkanes) is 1. The highest BCUT2D eigenvalue weighted by Gasteiger charge is 2.18. The number of nitriles is 1. The number of hydrogen-bond acceptors (Lipinski definition) is 1. The standard InChI is InChI=1S/C23H30FN/c1-2-19-10-12-20(13-11-19)6-3-4-7-21-14-16-22(17-15-21)8-5-9-23(24)18-25/h5,8-13,21-22H,2-4,6-7,14-17H2,1H3/b8-5+,23-9-/t21-,22-. The average molecular weight is 339 g/mol. The Kier molecular flexibility index (Phi) is 8.46. The van der Waals surface area contributed by atoms with Crippen LogP contribution in [-0.4, -0.2) is 0 Å². The van der Waals surface area contributed by atoms with E-state index in [4.69, 9.17) is 5.26 Å². The fourth-order valence-electron chi connectivity index (χ4n) is 3.71. The summed E-state index contributed by atoms with van der Waals surface area (Å²) in [4.78, 5) is 0. The number of nitrogens with zero attached hydrogens (tertiary/aromatic N) is 1. The van der Waals surface area contributed by atoms with Crippen LogP contribution < -0.4 is 0 Å². The molecule has 0 atom stereocenters. The Hall–Kier alpha value is -1.88. The van der Waals surface area contributed by atoms with Crippen molar-refractivity contribution < 1.29 is 4.39 Å². The zero-order valence-electron chi connectivity index (χ0n) is 15.4. The minimum atomic E-state index is -0.714. The lowest BCUT2D eigenvalue weighted by Gasteiger charge is -2.26. The Balaban J connectivity index is 1.60. The lowest BCUT2D eigenvalue weighted by Crippen LogP contribution is -2.13. The van der Waals surface area contributed by atoms with E-state index in [1.807, 2.05) is 0 Å². The third-order valence-corrected chi connectivity index (χ3v) is 5.38. The van der Waals surface area contributed by atoms with Crippen LogP contribution in [0.1, 0.15) is 63.0 Å². The summed E-state index contributed by atoms with van der Waals surface area (Å²) in [6.07, 6.45) is 16.2. The van der Waals surface area contributed by atoms with E-state index in [2.05, 4.69) is 37.3 Å². The van der Waals surface area contributed by atoms with Gasteiger partial charge in [0.15, 0.2) is 5.83 Å². The van der Waals surface area contributed by atoms with Gasteiger partial charge in [0, 0.05) is 0 Å². The summed E-state index contributed by atoms with van der Waals surface area (Å²) in [6.45, 7) is 2.20. The molecule has 1 aromatic rings. The lowest BCUT2D eigenvalue weighted by molar-refractivity contribution is 0.289. The normalized spacial score (nSPS) is 21.4. The van der Waals surface area contributed by atoms with Gasteiger partial charge >= 0.3 is 0 Å². The second kappa shape index (κ2) is 10.9. The molecule has 1 aliphatic rings. The predicted molar refractivity (Wildman–Crippen MR) is 103 cm³/mol. The van der Waals surface area contributed by atoms with Crippen LogP contribution in [0, 0.1) is 23.2 Å². The van der Waals surface area contributed by atoms with Gasteiger partial charge in [0.05, 0.1) is 0 Å². The Morgan fingerprint density at radius 3 is 2.44 bits per heavy atom. The first-order valence-corrected chi connectivity index (χ1v) is 9.73. The highest BCUT2D eigenvalue weighted by atomic mass is 19.1. The Morgan fingerprint density at radius 1 is 1.12 bits per heavy atom. The van der Waals surface area contributed by atoms with Crippen LogP contribution >= 0.6 is 0 Å². The third kappa shape index (κ3) is 7.26. The number of halogens is 1. The van der Waals surface area contributed by atoms with Crippen molar-refractivity contribution >= 4 is 0 Å². The lowest BCUT2D eigenvalue weighted by atomic mass is 9.79. The molecule has 1 aromatic carbocycles. The maximum absolute atomic E-state index is 12.7. The maximum Gasteiger partial charge on any atom is 0.199 e. The molecule has 134 valence electrons. The molecule has 0 unspecified atom stereocenters. The molecular formula is C23H30FN.